The van der Waals surface area contributed by atoms with E-state index in [9.17, 15) is 14.9 Å². The minimum absolute atomic E-state index is 0.123. The number of aromatic carboxylic acids is 1. The van der Waals surface area contributed by atoms with Crippen LogP contribution in [-0.4, -0.2) is 30.7 Å². The first-order valence-corrected chi connectivity index (χ1v) is 11.2. The second-order valence-electron chi connectivity index (χ2n) is 7.41. The standard InChI is InChI=1S/C27H23ClN2O6/c1-3-35-22-6-4-5-21(14-22)30-26(31)20(15-29)11-18-12-23(28)25(24(13-18)34-2)36-16-17-7-9-19(10-8-17)27(32)33/h4-14H,3,16H2,1-2H3,(H,30,31)(H,32,33). The van der Waals surface area contributed by atoms with Crippen molar-refractivity contribution in [1.29, 1.82) is 5.26 Å². The molecule has 36 heavy (non-hydrogen) atoms. The number of hydrogen-bond acceptors (Lipinski definition) is 6. The molecule has 0 aliphatic rings. The molecule has 0 spiro atoms. The highest BCUT2D eigenvalue weighted by Crippen LogP contribution is 2.37. The Hall–Kier alpha value is -4.48. The number of carboxylic acid groups (broad SMARTS) is 1. The zero-order chi connectivity index (χ0) is 26.1. The third kappa shape index (κ3) is 6.78. The summed E-state index contributed by atoms with van der Waals surface area (Å²) in [6, 6.07) is 18.1. The SMILES string of the molecule is CCOc1cccc(NC(=O)C(C#N)=Cc2cc(Cl)c(OCc3ccc(C(=O)O)cc3)c(OC)c2)c1. The Labute approximate surface area is 213 Å². The number of carboxylic acids is 1. The maximum atomic E-state index is 12.7. The van der Waals surface area contributed by atoms with Crippen LogP contribution in [0.1, 0.15) is 28.4 Å². The van der Waals surface area contributed by atoms with Crippen LogP contribution in [0.5, 0.6) is 17.2 Å². The van der Waals surface area contributed by atoms with Crippen LogP contribution in [0.4, 0.5) is 5.69 Å². The van der Waals surface area contributed by atoms with E-state index >= 15 is 0 Å². The van der Waals surface area contributed by atoms with Crippen molar-refractivity contribution in [2.24, 2.45) is 0 Å². The first kappa shape index (κ1) is 26.1. The highest BCUT2D eigenvalue weighted by atomic mass is 35.5. The minimum atomic E-state index is -1.01. The zero-order valence-corrected chi connectivity index (χ0v) is 20.3. The Balaban J connectivity index is 1.78. The second-order valence-corrected chi connectivity index (χ2v) is 7.82. The summed E-state index contributed by atoms with van der Waals surface area (Å²) < 4.78 is 16.6. The summed E-state index contributed by atoms with van der Waals surface area (Å²) in [5.74, 6) is -0.429. The van der Waals surface area contributed by atoms with E-state index in [-0.39, 0.29) is 28.5 Å². The number of methoxy groups -OCH3 is 1. The van der Waals surface area contributed by atoms with Crippen molar-refractivity contribution in [2.75, 3.05) is 19.0 Å². The summed E-state index contributed by atoms with van der Waals surface area (Å²) in [6.45, 7) is 2.47. The molecule has 9 heteroatoms. The molecule has 1 amide bonds. The van der Waals surface area contributed by atoms with E-state index in [1.54, 1.807) is 48.5 Å². The van der Waals surface area contributed by atoms with Crippen molar-refractivity contribution in [3.05, 3.63) is 87.9 Å². The maximum Gasteiger partial charge on any atom is 0.335 e. The summed E-state index contributed by atoms with van der Waals surface area (Å²) >= 11 is 6.42. The smallest absolute Gasteiger partial charge is 0.335 e. The molecule has 184 valence electrons. The number of amides is 1. The first-order valence-electron chi connectivity index (χ1n) is 10.8. The molecule has 8 nitrogen and oxygen atoms in total. The van der Waals surface area contributed by atoms with E-state index in [0.717, 1.165) is 5.56 Å². The number of nitrogens with one attached hydrogen (secondary N) is 1. The van der Waals surface area contributed by atoms with Crippen molar-refractivity contribution in [1.82, 2.24) is 0 Å². The molecule has 0 radical (unpaired) electrons. The zero-order valence-electron chi connectivity index (χ0n) is 19.6. The maximum absolute atomic E-state index is 12.7. The summed E-state index contributed by atoms with van der Waals surface area (Å²) in [5.41, 5.74) is 1.72. The third-order valence-electron chi connectivity index (χ3n) is 4.91. The molecule has 0 heterocycles. The number of benzene rings is 3. The molecule has 0 saturated heterocycles. The van der Waals surface area contributed by atoms with Crippen LogP contribution < -0.4 is 19.5 Å². The molecule has 3 rings (SSSR count). The van der Waals surface area contributed by atoms with Gasteiger partial charge in [-0.15, -0.1) is 0 Å². The van der Waals surface area contributed by atoms with E-state index in [1.807, 2.05) is 13.0 Å². The topological polar surface area (TPSA) is 118 Å². The van der Waals surface area contributed by atoms with Gasteiger partial charge in [-0.2, -0.15) is 5.26 Å². The molecule has 0 unspecified atom stereocenters. The van der Waals surface area contributed by atoms with E-state index < -0.39 is 11.9 Å². The molecular weight excluding hydrogens is 484 g/mol. The number of anilines is 1. The highest BCUT2D eigenvalue weighted by molar-refractivity contribution is 6.32. The van der Waals surface area contributed by atoms with Crippen molar-refractivity contribution in [2.45, 2.75) is 13.5 Å². The molecule has 0 aliphatic heterocycles. The van der Waals surface area contributed by atoms with Gasteiger partial charge in [0.2, 0.25) is 0 Å². The monoisotopic (exact) mass is 506 g/mol. The van der Waals surface area contributed by atoms with Crippen LogP contribution in [0.25, 0.3) is 6.08 Å². The Morgan fingerprint density at radius 3 is 2.50 bits per heavy atom. The van der Waals surface area contributed by atoms with Crippen LogP contribution in [0, 0.1) is 11.3 Å². The van der Waals surface area contributed by atoms with Crippen molar-refractivity contribution >= 4 is 35.2 Å². The largest absolute Gasteiger partial charge is 0.494 e. The quantitative estimate of drug-likeness (QED) is 0.272. The number of carbonyl (C=O) groups excluding carboxylic acids is 1. The molecule has 2 N–H and O–H groups in total. The fourth-order valence-electron chi connectivity index (χ4n) is 3.21. The normalized spacial score (nSPS) is 10.8. The van der Waals surface area contributed by atoms with Crippen LogP contribution in [0.15, 0.2) is 66.2 Å². The van der Waals surface area contributed by atoms with Gasteiger partial charge < -0.3 is 24.6 Å². The van der Waals surface area contributed by atoms with Gasteiger partial charge in [-0.1, -0.05) is 29.8 Å². The molecular formula is C27H23ClN2O6. The number of hydrogen-bond donors (Lipinski definition) is 2. The molecule has 0 atom stereocenters. The summed E-state index contributed by atoms with van der Waals surface area (Å²) in [7, 11) is 1.44. The lowest BCUT2D eigenvalue weighted by Gasteiger charge is -2.14. The summed E-state index contributed by atoms with van der Waals surface area (Å²) in [5, 5.41) is 21.5. The average molecular weight is 507 g/mol. The minimum Gasteiger partial charge on any atom is -0.494 e. The van der Waals surface area contributed by atoms with Gasteiger partial charge in [0.25, 0.3) is 5.91 Å². The van der Waals surface area contributed by atoms with Gasteiger partial charge in [0.15, 0.2) is 11.5 Å². The average Bonchev–Trinajstić information content (AvgIpc) is 2.87. The fraction of sp³-hybridized carbons (Fsp3) is 0.148. The summed E-state index contributed by atoms with van der Waals surface area (Å²) in [4.78, 5) is 23.7. The van der Waals surface area contributed by atoms with E-state index in [1.165, 1.54) is 25.3 Å². The Morgan fingerprint density at radius 1 is 1.11 bits per heavy atom. The van der Waals surface area contributed by atoms with Gasteiger partial charge in [-0.3, -0.25) is 4.79 Å². The van der Waals surface area contributed by atoms with Crippen LogP contribution in [-0.2, 0) is 11.4 Å². The molecule has 0 fully saturated rings. The lowest BCUT2D eigenvalue weighted by Crippen LogP contribution is -2.13. The predicted octanol–water partition coefficient (Wildman–Crippen LogP) is 5.57. The van der Waals surface area contributed by atoms with E-state index in [4.69, 9.17) is 30.9 Å². The Morgan fingerprint density at radius 2 is 1.86 bits per heavy atom. The van der Waals surface area contributed by atoms with Crippen molar-refractivity contribution < 1.29 is 28.9 Å². The van der Waals surface area contributed by atoms with Gasteiger partial charge in [-0.05, 0) is 60.5 Å². The summed E-state index contributed by atoms with van der Waals surface area (Å²) in [6.07, 6.45) is 1.39. The van der Waals surface area contributed by atoms with Crippen LogP contribution in [0.2, 0.25) is 5.02 Å². The van der Waals surface area contributed by atoms with Gasteiger partial charge in [0.1, 0.15) is 24.0 Å². The third-order valence-corrected chi connectivity index (χ3v) is 5.20. The number of rotatable bonds is 10. The molecule has 0 aromatic heterocycles. The number of ether oxygens (including phenoxy) is 3. The number of halogens is 1. The van der Waals surface area contributed by atoms with Gasteiger partial charge in [0.05, 0.1) is 24.3 Å². The molecule has 3 aromatic rings. The lowest BCUT2D eigenvalue weighted by atomic mass is 10.1. The van der Waals surface area contributed by atoms with E-state index in [0.29, 0.717) is 29.4 Å². The Kier molecular flexibility index (Phi) is 8.92. The second kappa shape index (κ2) is 12.3. The van der Waals surface area contributed by atoms with Crippen molar-refractivity contribution in [3.8, 4) is 23.3 Å². The van der Waals surface area contributed by atoms with Crippen molar-refractivity contribution in [3.63, 3.8) is 0 Å². The number of nitriles is 1. The predicted molar refractivity (Wildman–Crippen MR) is 136 cm³/mol. The highest BCUT2D eigenvalue weighted by Gasteiger charge is 2.15. The number of carbonyl (C=O) groups is 2. The Bertz CT molecular complexity index is 1330. The van der Waals surface area contributed by atoms with Crippen LogP contribution >= 0.6 is 11.6 Å². The van der Waals surface area contributed by atoms with E-state index in [2.05, 4.69) is 5.32 Å². The number of nitrogens with zero attached hydrogens (tertiary/aromatic N) is 1. The fourth-order valence-corrected chi connectivity index (χ4v) is 3.48. The molecule has 0 saturated carbocycles. The van der Waals surface area contributed by atoms with Gasteiger partial charge >= 0.3 is 5.97 Å². The molecule has 3 aromatic carbocycles. The molecule has 0 aliphatic carbocycles. The molecule has 0 bridgehead atoms. The van der Waals surface area contributed by atoms with Gasteiger partial charge in [0, 0.05) is 11.8 Å². The lowest BCUT2D eigenvalue weighted by molar-refractivity contribution is -0.112. The van der Waals surface area contributed by atoms with Crippen LogP contribution in [0.3, 0.4) is 0 Å². The first-order chi connectivity index (χ1) is 17.3. The van der Waals surface area contributed by atoms with Gasteiger partial charge in [-0.25, -0.2) is 4.79 Å².